The molecule has 6 nitrogen and oxygen atoms in total. The van der Waals surface area contributed by atoms with Crippen molar-refractivity contribution in [2.24, 2.45) is 0 Å². The van der Waals surface area contributed by atoms with Crippen LogP contribution in [0.5, 0.6) is 0 Å². The van der Waals surface area contributed by atoms with E-state index in [9.17, 15) is 18.5 Å². The Bertz CT molecular complexity index is 519. The summed E-state index contributed by atoms with van der Waals surface area (Å²) in [5.41, 5.74) is -0.135. The molecule has 0 heterocycles. The number of nitrogens with zero attached hydrogens (tertiary/aromatic N) is 1. The van der Waals surface area contributed by atoms with Gasteiger partial charge in [-0.1, -0.05) is 0 Å². The summed E-state index contributed by atoms with van der Waals surface area (Å²) in [6.45, 7) is 1.39. The zero-order valence-corrected chi connectivity index (χ0v) is 9.32. The zero-order chi connectivity index (χ0) is 12.3. The molecule has 0 aliphatic heterocycles. The first kappa shape index (κ1) is 12.3. The Morgan fingerprint density at radius 3 is 2.25 bits per heavy atom. The predicted octanol–water partition coefficient (Wildman–Crippen LogP) is 1.41. The summed E-state index contributed by atoms with van der Waals surface area (Å²) in [6, 6.07) is 4.62. The second-order valence-corrected chi connectivity index (χ2v) is 5.28. The highest BCUT2D eigenvalue weighted by atomic mass is 32.2. The SMILES string of the molecule is CC(=N)CS(=O)(=O)c1ccc([N+](=O)[O-])cc1. The molecule has 7 heteroatoms. The molecule has 0 spiro atoms. The van der Waals surface area contributed by atoms with Crippen LogP contribution in [0.4, 0.5) is 5.69 Å². The van der Waals surface area contributed by atoms with Gasteiger partial charge in [-0.05, 0) is 19.1 Å². The van der Waals surface area contributed by atoms with Crippen LogP contribution in [0, 0.1) is 15.5 Å². The summed E-state index contributed by atoms with van der Waals surface area (Å²) in [5, 5.41) is 17.5. The maximum absolute atomic E-state index is 11.6. The molecule has 1 N–H and O–H groups in total. The number of benzene rings is 1. The molecule has 16 heavy (non-hydrogen) atoms. The summed E-state index contributed by atoms with van der Waals surface area (Å²) in [6.07, 6.45) is 0. The molecular weight excluding hydrogens is 232 g/mol. The maximum atomic E-state index is 11.6. The van der Waals surface area contributed by atoms with E-state index in [0.717, 1.165) is 12.1 Å². The first-order valence-corrected chi connectivity index (χ1v) is 5.99. The molecule has 0 aliphatic rings. The Balaban J connectivity index is 3.07. The minimum atomic E-state index is -3.55. The highest BCUT2D eigenvalue weighted by Crippen LogP contribution is 2.16. The van der Waals surface area contributed by atoms with Gasteiger partial charge in [0.1, 0.15) is 0 Å². The normalized spacial score (nSPS) is 11.1. The Kier molecular flexibility index (Phi) is 3.38. The van der Waals surface area contributed by atoms with Crippen molar-refractivity contribution in [1.29, 1.82) is 5.41 Å². The van der Waals surface area contributed by atoms with Gasteiger partial charge < -0.3 is 5.41 Å². The van der Waals surface area contributed by atoms with Crippen molar-refractivity contribution < 1.29 is 13.3 Å². The van der Waals surface area contributed by atoms with E-state index < -0.39 is 14.8 Å². The largest absolute Gasteiger partial charge is 0.309 e. The number of hydrogen-bond donors (Lipinski definition) is 1. The zero-order valence-electron chi connectivity index (χ0n) is 8.50. The van der Waals surface area contributed by atoms with Gasteiger partial charge in [0.25, 0.3) is 5.69 Å². The van der Waals surface area contributed by atoms with Crippen molar-refractivity contribution >= 4 is 21.2 Å². The van der Waals surface area contributed by atoms with Gasteiger partial charge in [-0.15, -0.1) is 0 Å². The van der Waals surface area contributed by atoms with E-state index in [0.29, 0.717) is 0 Å². The van der Waals surface area contributed by atoms with E-state index in [4.69, 9.17) is 5.41 Å². The second kappa shape index (κ2) is 4.40. The molecule has 0 amide bonds. The Morgan fingerprint density at radius 2 is 1.88 bits per heavy atom. The van der Waals surface area contributed by atoms with Crippen LogP contribution in [0.15, 0.2) is 29.2 Å². The average molecular weight is 242 g/mol. The van der Waals surface area contributed by atoms with Gasteiger partial charge in [0.15, 0.2) is 9.84 Å². The molecule has 0 aliphatic carbocycles. The quantitative estimate of drug-likeness (QED) is 0.490. The third-order valence-corrected chi connectivity index (χ3v) is 3.62. The van der Waals surface area contributed by atoms with E-state index in [2.05, 4.69) is 0 Å². The van der Waals surface area contributed by atoms with Crippen molar-refractivity contribution in [3.63, 3.8) is 0 Å². The number of hydrogen-bond acceptors (Lipinski definition) is 5. The molecule has 0 saturated heterocycles. The number of sulfone groups is 1. The predicted molar refractivity (Wildman–Crippen MR) is 58.5 cm³/mol. The van der Waals surface area contributed by atoms with Crippen LogP contribution >= 0.6 is 0 Å². The van der Waals surface area contributed by atoms with Crippen LogP contribution in [0.3, 0.4) is 0 Å². The van der Waals surface area contributed by atoms with Crippen molar-refractivity contribution in [3.8, 4) is 0 Å². The summed E-state index contributed by atoms with van der Waals surface area (Å²) < 4.78 is 23.2. The number of nitrogens with one attached hydrogen (secondary N) is 1. The van der Waals surface area contributed by atoms with Crippen LogP contribution in [-0.4, -0.2) is 24.8 Å². The lowest BCUT2D eigenvalue weighted by Gasteiger charge is -2.02. The summed E-state index contributed by atoms with van der Waals surface area (Å²) in [5.74, 6) is -0.370. The Morgan fingerprint density at radius 1 is 1.38 bits per heavy atom. The van der Waals surface area contributed by atoms with Gasteiger partial charge in [-0.2, -0.15) is 0 Å². The fourth-order valence-electron chi connectivity index (χ4n) is 1.14. The lowest BCUT2D eigenvalue weighted by Crippen LogP contribution is -2.12. The lowest BCUT2D eigenvalue weighted by atomic mass is 10.3. The molecule has 1 aromatic rings. The van der Waals surface area contributed by atoms with Crippen LogP contribution in [-0.2, 0) is 9.84 Å². The monoisotopic (exact) mass is 242 g/mol. The number of nitro benzene ring substituents is 1. The van der Waals surface area contributed by atoms with Crippen molar-refractivity contribution in [1.82, 2.24) is 0 Å². The summed E-state index contributed by atoms with van der Waals surface area (Å²) in [4.78, 5) is 9.75. The molecule has 0 aromatic heterocycles. The van der Waals surface area contributed by atoms with E-state index in [1.807, 2.05) is 0 Å². The molecule has 1 rings (SSSR count). The lowest BCUT2D eigenvalue weighted by molar-refractivity contribution is -0.384. The number of non-ortho nitro benzene ring substituents is 1. The molecular formula is C9H10N2O4S. The highest BCUT2D eigenvalue weighted by molar-refractivity contribution is 7.92. The smallest absolute Gasteiger partial charge is 0.269 e. The van der Waals surface area contributed by atoms with Crippen LogP contribution in [0.25, 0.3) is 0 Å². The third kappa shape index (κ3) is 2.86. The Hall–Kier alpha value is -1.76. The fourth-order valence-corrected chi connectivity index (χ4v) is 2.43. The van der Waals surface area contributed by atoms with E-state index >= 15 is 0 Å². The Labute approximate surface area is 92.5 Å². The van der Waals surface area contributed by atoms with Gasteiger partial charge >= 0.3 is 0 Å². The van der Waals surface area contributed by atoms with E-state index in [1.54, 1.807) is 0 Å². The fraction of sp³-hybridized carbons (Fsp3) is 0.222. The molecule has 0 bridgehead atoms. The van der Waals surface area contributed by atoms with Crippen molar-refractivity contribution in [2.45, 2.75) is 11.8 Å². The number of nitro groups is 1. The number of rotatable bonds is 4. The van der Waals surface area contributed by atoms with Gasteiger partial charge in [0, 0.05) is 17.8 Å². The minimum absolute atomic E-state index is 0.00954. The standard InChI is InChI=1S/C9H10N2O4S/c1-7(10)6-16(14,15)9-4-2-8(3-5-9)11(12)13/h2-5,10H,6H2,1H3. The molecule has 86 valence electrons. The van der Waals surface area contributed by atoms with Gasteiger partial charge in [-0.25, -0.2) is 8.42 Å². The van der Waals surface area contributed by atoms with E-state index in [1.165, 1.54) is 19.1 Å². The topological polar surface area (TPSA) is 101 Å². The molecule has 0 fully saturated rings. The van der Waals surface area contributed by atoms with Crippen molar-refractivity contribution in [3.05, 3.63) is 34.4 Å². The van der Waals surface area contributed by atoms with Crippen LogP contribution in [0.2, 0.25) is 0 Å². The van der Waals surface area contributed by atoms with Crippen molar-refractivity contribution in [2.75, 3.05) is 5.75 Å². The molecule has 0 saturated carbocycles. The van der Waals surface area contributed by atoms with Gasteiger partial charge in [0.2, 0.25) is 0 Å². The van der Waals surface area contributed by atoms with E-state index in [-0.39, 0.29) is 22.0 Å². The first-order chi connectivity index (χ1) is 7.33. The van der Waals surface area contributed by atoms with Crippen LogP contribution < -0.4 is 0 Å². The average Bonchev–Trinajstić information content (AvgIpc) is 2.16. The first-order valence-electron chi connectivity index (χ1n) is 4.34. The third-order valence-electron chi connectivity index (χ3n) is 1.81. The van der Waals surface area contributed by atoms with Crippen LogP contribution in [0.1, 0.15) is 6.92 Å². The molecule has 0 atom stereocenters. The van der Waals surface area contributed by atoms with Gasteiger partial charge in [-0.3, -0.25) is 10.1 Å². The second-order valence-electron chi connectivity index (χ2n) is 3.29. The summed E-state index contributed by atoms with van der Waals surface area (Å²) >= 11 is 0. The molecule has 0 radical (unpaired) electrons. The minimum Gasteiger partial charge on any atom is -0.309 e. The molecule has 0 unspecified atom stereocenters. The van der Waals surface area contributed by atoms with Gasteiger partial charge in [0.05, 0.1) is 15.6 Å². The molecule has 1 aromatic carbocycles. The highest BCUT2D eigenvalue weighted by Gasteiger charge is 2.16. The maximum Gasteiger partial charge on any atom is 0.269 e. The summed E-state index contributed by atoms with van der Waals surface area (Å²) in [7, 11) is -3.55.